The number of methoxy groups -OCH3 is 1. The van der Waals surface area contributed by atoms with E-state index in [1.54, 1.807) is 30.2 Å². The lowest BCUT2D eigenvalue weighted by atomic mass is 10.2. The molecule has 0 radical (unpaired) electrons. The van der Waals surface area contributed by atoms with Crippen LogP contribution in [-0.4, -0.2) is 31.5 Å². The fourth-order valence-corrected chi connectivity index (χ4v) is 2.88. The highest BCUT2D eigenvalue weighted by Gasteiger charge is 2.04. The fourth-order valence-electron chi connectivity index (χ4n) is 1.65. The maximum atomic E-state index is 4.99. The van der Waals surface area contributed by atoms with Gasteiger partial charge in [0.25, 0.3) is 0 Å². The molecule has 0 aliphatic carbocycles. The van der Waals surface area contributed by atoms with E-state index in [1.807, 2.05) is 0 Å². The van der Waals surface area contributed by atoms with Crippen molar-refractivity contribution < 1.29 is 4.74 Å². The van der Waals surface area contributed by atoms with Crippen molar-refractivity contribution in [1.82, 2.24) is 10.3 Å². The zero-order valence-electron chi connectivity index (χ0n) is 11.2. The molecule has 0 fully saturated rings. The van der Waals surface area contributed by atoms with Gasteiger partial charge in [-0.25, -0.2) is 4.98 Å². The van der Waals surface area contributed by atoms with E-state index >= 15 is 0 Å². The molecule has 0 unspecified atom stereocenters. The summed E-state index contributed by atoms with van der Waals surface area (Å²) in [5.41, 5.74) is 2.27. The summed E-state index contributed by atoms with van der Waals surface area (Å²) in [6.45, 7) is 2.38. The Balaban J connectivity index is 1.95. The number of benzene rings is 1. The summed E-state index contributed by atoms with van der Waals surface area (Å²) >= 11 is 3.45. The smallest absolute Gasteiger partial charge is 0.123 e. The molecule has 0 saturated carbocycles. The van der Waals surface area contributed by atoms with Crippen LogP contribution in [0.25, 0.3) is 10.6 Å². The van der Waals surface area contributed by atoms with Crippen LogP contribution >= 0.6 is 23.1 Å². The van der Waals surface area contributed by atoms with Gasteiger partial charge in [0.05, 0.1) is 12.3 Å². The first kappa shape index (κ1) is 14.5. The molecule has 1 aromatic carbocycles. The minimum atomic E-state index is 0.729. The Morgan fingerprint density at radius 1 is 1.32 bits per heavy atom. The average Bonchev–Trinajstić information content (AvgIpc) is 2.92. The van der Waals surface area contributed by atoms with Crippen molar-refractivity contribution in [2.45, 2.75) is 11.4 Å². The molecule has 0 saturated heterocycles. The first-order valence-electron chi connectivity index (χ1n) is 6.12. The molecular weight excluding hydrogens is 276 g/mol. The van der Waals surface area contributed by atoms with Gasteiger partial charge in [0, 0.05) is 36.0 Å². The molecule has 2 rings (SSSR count). The Morgan fingerprint density at radius 2 is 2.11 bits per heavy atom. The van der Waals surface area contributed by atoms with Gasteiger partial charge >= 0.3 is 0 Å². The lowest BCUT2D eigenvalue weighted by Gasteiger charge is -2.01. The highest BCUT2D eigenvalue weighted by molar-refractivity contribution is 7.98. The van der Waals surface area contributed by atoms with Crippen LogP contribution in [-0.2, 0) is 11.3 Å². The lowest BCUT2D eigenvalue weighted by molar-refractivity contribution is 0.199. The van der Waals surface area contributed by atoms with Crippen molar-refractivity contribution in [3.8, 4) is 10.6 Å². The SMILES string of the molecule is COCCNCc1csc(-c2ccc(SC)cc2)n1. The van der Waals surface area contributed by atoms with Gasteiger partial charge in [-0.2, -0.15) is 0 Å². The molecule has 102 valence electrons. The van der Waals surface area contributed by atoms with Crippen molar-refractivity contribution in [2.75, 3.05) is 26.5 Å². The van der Waals surface area contributed by atoms with Crippen LogP contribution in [0.2, 0.25) is 0 Å². The monoisotopic (exact) mass is 294 g/mol. The Bertz CT molecular complexity index is 496. The van der Waals surface area contributed by atoms with Gasteiger partial charge in [0.1, 0.15) is 5.01 Å². The van der Waals surface area contributed by atoms with Crippen LogP contribution in [0.1, 0.15) is 5.69 Å². The predicted molar refractivity (Wildman–Crippen MR) is 82.9 cm³/mol. The van der Waals surface area contributed by atoms with Crippen LogP contribution < -0.4 is 5.32 Å². The molecule has 0 spiro atoms. The minimum Gasteiger partial charge on any atom is -0.383 e. The van der Waals surface area contributed by atoms with Gasteiger partial charge in [0.2, 0.25) is 0 Å². The second-order valence-corrected chi connectivity index (χ2v) is 5.78. The second-order valence-electron chi connectivity index (χ2n) is 4.04. The van der Waals surface area contributed by atoms with Crippen LogP contribution in [0.15, 0.2) is 34.5 Å². The molecule has 1 heterocycles. The maximum Gasteiger partial charge on any atom is 0.123 e. The highest BCUT2D eigenvalue weighted by Crippen LogP contribution is 2.25. The molecule has 19 heavy (non-hydrogen) atoms. The Kier molecular flexibility index (Phi) is 5.85. The molecule has 0 aliphatic rings. The number of hydrogen-bond donors (Lipinski definition) is 1. The number of nitrogens with one attached hydrogen (secondary N) is 1. The summed E-state index contributed by atoms with van der Waals surface area (Å²) in [5, 5.41) is 6.49. The normalized spacial score (nSPS) is 10.8. The third kappa shape index (κ3) is 4.31. The first-order valence-corrected chi connectivity index (χ1v) is 8.22. The van der Waals surface area contributed by atoms with E-state index in [1.165, 1.54) is 10.5 Å². The largest absolute Gasteiger partial charge is 0.383 e. The summed E-state index contributed by atoms with van der Waals surface area (Å²) in [6.07, 6.45) is 2.09. The lowest BCUT2D eigenvalue weighted by Crippen LogP contribution is -2.18. The number of hydrogen-bond acceptors (Lipinski definition) is 5. The molecule has 1 N–H and O–H groups in total. The van der Waals surface area contributed by atoms with E-state index in [0.717, 1.165) is 30.4 Å². The van der Waals surface area contributed by atoms with E-state index in [4.69, 9.17) is 4.74 Å². The minimum absolute atomic E-state index is 0.729. The zero-order valence-corrected chi connectivity index (χ0v) is 12.8. The van der Waals surface area contributed by atoms with E-state index < -0.39 is 0 Å². The molecular formula is C14H18N2OS2. The second kappa shape index (κ2) is 7.65. The third-order valence-corrected chi connectivity index (χ3v) is 4.36. The number of rotatable bonds is 7. The maximum absolute atomic E-state index is 4.99. The Labute approximate surface area is 122 Å². The van der Waals surface area contributed by atoms with Gasteiger partial charge in [-0.1, -0.05) is 12.1 Å². The van der Waals surface area contributed by atoms with Gasteiger partial charge < -0.3 is 10.1 Å². The summed E-state index contributed by atoms with van der Waals surface area (Å²) < 4.78 is 4.99. The van der Waals surface area contributed by atoms with Crippen molar-refractivity contribution in [1.29, 1.82) is 0 Å². The molecule has 0 aliphatic heterocycles. The highest BCUT2D eigenvalue weighted by atomic mass is 32.2. The molecule has 5 heteroatoms. The zero-order chi connectivity index (χ0) is 13.5. The van der Waals surface area contributed by atoms with Crippen molar-refractivity contribution in [3.05, 3.63) is 35.3 Å². The van der Waals surface area contributed by atoms with E-state index in [-0.39, 0.29) is 0 Å². The van der Waals surface area contributed by atoms with Crippen molar-refractivity contribution in [3.63, 3.8) is 0 Å². The summed E-state index contributed by atoms with van der Waals surface area (Å²) in [6, 6.07) is 8.54. The van der Waals surface area contributed by atoms with Gasteiger partial charge in [-0.3, -0.25) is 0 Å². The van der Waals surface area contributed by atoms with Gasteiger partial charge in [0.15, 0.2) is 0 Å². The number of aromatic nitrogens is 1. The van der Waals surface area contributed by atoms with E-state index in [0.29, 0.717) is 0 Å². The third-order valence-electron chi connectivity index (χ3n) is 2.68. The van der Waals surface area contributed by atoms with Crippen molar-refractivity contribution >= 4 is 23.1 Å². The Morgan fingerprint density at radius 3 is 2.79 bits per heavy atom. The Hall–Kier alpha value is -0.880. The summed E-state index contributed by atoms with van der Waals surface area (Å²) in [7, 11) is 1.71. The van der Waals surface area contributed by atoms with Crippen molar-refractivity contribution in [2.24, 2.45) is 0 Å². The van der Waals surface area contributed by atoms with Gasteiger partial charge in [-0.05, 0) is 18.4 Å². The van der Waals surface area contributed by atoms with Crippen LogP contribution in [0.3, 0.4) is 0 Å². The number of thiazole rings is 1. The number of thioether (sulfide) groups is 1. The van der Waals surface area contributed by atoms with Crippen LogP contribution in [0.5, 0.6) is 0 Å². The quantitative estimate of drug-likeness (QED) is 0.628. The standard InChI is InChI=1S/C14H18N2OS2/c1-17-8-7-15-9-12-10-19-14(16-12)11-3-5-13(18-2)6-4-11/h3-6,10,15H,7-9H2,1-2H3. The summed E-state index contributed by atoms with van der Waals surface area (Å²) in [4.78, 5) is 5.92. The fraction of sp³-hybridized carbons (Fsp3) is 0.357. The topological polar surface area (TPSA) is 34.1 Å². The van der Waals surface area contributed by atoms with Gasteiger partial charge in [-0.15, -0.1) is 23.1 Å². The summed E-state index contributed by atoms with van der Waals surface area (Å²) in [5.74, 6) is 0. The van der Waals surface area contributed by atoms with E-state index in [2.05, 4.69) is 46.2 Å². The molecule has 0 atom stereocenters. The number of ether oxygens (including phenoxy) is 1. The van der Waals surface area contributed by atoms with Crippen LogP contribution in [0.4, 0.5) is 0 Å². The predicted octanol–water partition coefficient (Wildman–Crippen LogP) is 3.27. The molecule has 0 amide bonds. The number of nitrogens with zero attached hydrogens (tertiary/aromatic N) is 1. The molecule has 3 nitrogen and oxygen atoms in total. The molecule has 1 aromatic heterocycles. The van der Waals surface area contributed by atoms with E-state index in [9.17, 15) is 0 Å². The molecule has 2 aromatic rings. The average molecular weight is 294 g/mol. The van der Waals surface area contributed by atoms with Crippen LogP contribution in [0, 0.1) is 0 Å². The molecule has 0 bridgehead atoms. The first-order chi connectivity index (χ1) is 9.33.